The third kappa shape index (κ3) is 3.30. The molecule has 0 saturated carbocycles. The second-order valence-electron chi connectivity index (χ2n) is 6.81. The van der Waals surface area contributed by atoms with Crippen LogP contribution in [0.2, 0.25) is 0 Å². The van der Waals surface area contributed by atoms with Crippen LogP contribution < -0.4 is 16.5 Å². The van der Waals surface area contributed by atoms with E-state index in [1.165, 1.54) is 0 Å². The van der Waals surface area contributed by atoms with Crippen molar-refractivity contribution in [2.45, 2.75) is 13.5 Å². The number of anilines is 1. The minimum absolute atomic E-state index is 0.174. The largest absolute Gasteiger partial charge is 0.488 e. The molecule has 3 heterocycles. The van der Waals surface area contributed by atoms with Gasteiger partial charge in [-0.2, -0.15) is 4.99 Å². The average molecular weight is 404 g/mol. The number of nitrogens with one attached hydrogen (secondary N) is 1. The monoisotopic (exact) mass is 404 g/mol. The maximum Gasteiger partial charge on any atom is 0.488 e. The lowest BCUT2D eigenvalue weighted by molar-refractivity contribution is -0.647. The molecule has 11 heteroatoms. The second-order valence-corrected chi connectivity index (χ2v) is 6.81. The van der Waals surface area contributed by atoms with Crippen LogP contribution in [0.15, 0.2) is 65.6 Å². The molecule has 1 atom stereocenters. The van der Waals surface area contributed by atoms with E-state index >= 15 is 0 Å². The number of hydrogen-bond donors (Lipinski definition) is 4. The number of aryl methyl sites for hydroxylation is 1. The predicted molar refractivity (Wildman–Crippen MR) is 111 cm³/mol. The molecular weight excluding hydrogens is 385 g/mol. The molecule has 5 N–H and O–H groups in total. The van der Waals surface area contributed by atoms with E-state index in [1.807, 2.05) is 6.07 Å². The summed E-state index contributed by atoms with van der Waals surface area (Å²) in [5, 5.41) is 30.1. The number of benzene rings is 1. The van der Waals surface area contributed by atoms with Crippen LogP contribution in [0.5, 0.6) is 0 Å². The van der Waals surface area contributed by atoms with Gasteiger partial charge in [0.1, 0.15) is 11.9 Å². The van der Waals surface area contributed by atoms with Crippen molar-refractivity contribution < 1.29 is 19.3 Å². The fraction of sp³-hybridized carbons (Fsp3) is 0.105. The summed E-state index contributed by atoms with van der Waals surface area (Å²) in [6.07, 6.45) is 8.45. The third-order valence-electron chi connectivity index (χ3n) is 4.86. The highest BCUT2D eigenvalue weighted by molar-refractivity contribution is 6.58. The summed E-state index contributed by atoms with van der Waals surface area (Å²) in [7, 11) is -1.54. The van der Waals surface area contributed by atoms with Crippen LogP contribution in [-0.2, 0) is 6.54 Å². The van der Waals surface area contributed by atoms with Crippen LogP contribution in [0, 0.1) is 6.92 Å². The number of carbonyl (C=O) groups excluding carboxylic acids is 1. The van der Waals surface area contributed by atoms with E-state index in [-0.39, 0.29) is 11.7 Å². The van der Waals surface area contributed by atoms with Crippen LogP contribution in [0.4, 0.5) is 10.6 Å². The summed E-state index contributed by atoms with van der Waals surface area (Å²) in [4.78, 5) is 21.2. The van der Waals surface area contributed by atoms with Crippen LogP contribution >= 0.6 is 0 Å². The van der Waals surface area contributed by atoms with Gasteiger partial charge in [0.25, 0.3) is 11.7 Å². The van der Waals surface area contributed by atoms with E-state index in [1.54, 1.807) is 55.8 Å². The molecule has 0 spiro atoms. The number of hydrogen-bond acceptors (Lipinski definition) is 8. The molecule has 0 aliphatic carbocycles. The Bertz CT molecular complexity index is 1140. The highest BCUT2D eigenvalue weighted by atomic mass is 16.4. The number of quaternary nitrogens is 1. The SMILES string of the molecule is Cc1nnc(C2=NC=C3C=CC=C[N+]32C(N)=O)nc1NCc1cccc(B(O)O)c1. The van der Waals surface area contributed by atoms with Gasteiger partial charge in [-0.3, -0.25) is 0 Å². The number of carbonyl (C=O) groups is 1. The Morgan fingerprint density at radius 2 is 2.10 bits per heavy atom. The standard InChI is InChI=1S/C19H18BN7O3/c1-12-16(22-10-13-5-4-6-14(9-13)20(29)30)24-17(26-25-12)18-23-11-15-7-2-3-8-27(15,18)19(21)28/h2-9,11,29-30H,10H2,1H3,(H2-,21,22,24,26,28)/p+1. The Morgan fingerprint density at radius 1 is 1.27 bits per heavy atom. The zero-order valence-electron chi connectivity index (χ0n) is 16.1. The quantitative estimate of drug-likeness (QED) is 0.407. The number of primary amides is 1. The first kappa shape index (κ1) is 19.6. The van der Waals surface area contributed by atoms with Crippen molar-refractivity contribution in [1.29, 1.82) is 0 Å². The van der Waals surface area contributed by atoms with E-state index < -0.39 is 17.6 Å². The Kier molecular flexibility index (Phi) is 5.00. The first-order chi connectivity index (χ1) is 14.4. The van der Waals surface area contributed by atoms with Crippen LogP contribution in [0.3, 0.4) is 0 Å². The molecule has 10 nitrogen and oxygen atoms in total. The van der Waals surface area contributed by atoms with E-state index in [0.29, 0.717) is 29.2 Å². The molecule has 1 aromatic carbocycles. The van der Waals surface area contributed by atoms with E-state index in [2.05, 4.69) is 25.5 Å². The van der Waals surface area contributed by atoms with Gasteiger partial charge in [0.15, 0.2) is 11.5 Å². The molecule has 30 heavy (non-hydrogen) atoms. The summed E-state index contributed by atoms with van der Waals surface area (Å²) in [6, 6.07) is 6.26. The number of amides is 2. The van der Waals surface area contributed by atoms with E-state index in [0.717, 1.165) is 5.56 Å². The lowest BCUT2D eigenvalue weighted by Crippen LogP contribution is -2.54. The maximum absolute atomic E-state index is 12.3. The number of nitrogens with two attached hydrogens (primary N) is 1. The molecule has 2 aliphatic heterocycles. The Morgan fingerprint density at radius 3 is 2.87 bits per heavy atom. The molecule has 0 saturated heterocycles. The lowest BCUT2D eigenvalue weighted by atomic mass is 9.80. The van der Waals surface area contributed by atoms with Crippen molar-refractivity contribution in [3.05, 3.63) is 77.7 Å². The van der Waals surface area contributed by atoms with Crippen molar-refractivity contribution in [3.63, 3.8) is 0 Å². The third-order valence-corrected chi connectivity index (χ3v) is 4.86. The zero-order chi connectivity index (χ0) is 21.3. The first-order valence-electron chi connectivity index (χ1n) is 9.16. The molecule has 4 rings (SSSR count). The number of aliphatic imine (C=N–C) groups is 1. The van der Waals surface area contributed by atoms with Gasteiger partial charge in [-0.1, -0.05) is 30.3 Å². The van der Waals surface area contributed by atoms with Crippen molar-refractivity contribution in [2.24, 2.45) is 10.7 Å². The van der Waals surface area contributed by atoms with Gasteiger partial charge < -0.3 is 21.1 Å². The van der Waals surface area contributed by atoms with Crippen LogP contribution in [0.1, 0.15) is 17.1 Å². The molecule has 0 bridgehead atoms. The van der Waals surface area contributed by atoms with Crippen molar-refractivity contribution in [2.75, 3.05) is 5.32 Å². The van der Waals surface area contributed by atoms with E-state index in [4.69, 9.17) is 5.73 Å². The minimum atomic E-state index is -1.54. The number of fused-ring (bicyclic) bond motifs is 1. The van der Waals surface area contributed by atoms with Gasteiger partial charge in [-0.05, 0) is 24.0 Å². The Labute approximate surface area is 172 Å². The van der Waals surface area contributed by atoms with Crippen molar-refractivity contribution >= 4 is 30.3 Å². The smallest absolute Gasteiger partial charge is 0.423 e. The van der Waals surface area contributed by atoms with Gasteiger partial charge in [0, 0.05) is 12.6 Å². The Balaban J connectivity index is 1.62. The van der Waals surface area contributed by atoms with Gasteiger partial charge >= 0.3 is 13.1 Å². The molecule has 1 aromatic heterocycles. The summed E-state index contributed by atoms with van der Waals surface area (Å²) in [5.74, 6) is 0.900. The number of rotatable bonds is 5. The number of amidine groups is 1. The fourth-order valence-electron chi connectivity index (χ4n) is 3.29. The van der Waals surface area contributed by atoms with Crippen molar-refractivity contribution in [3.8, 4) is 0 Å². The zero-order valence-corrected chi connectivity index (χ0v) is 16.1. The number of urea groups is 1. The number of aromatic nitrogens is 3. The van der Waals surface area contributed by atoms with Gasteiger partial charge in [0.05, 0.1) is 6.20 Å². The minimum Gasteiger partial charge on any atom is -0.423 e. The molecule has 2 aromatic rings. The normalized spacial score (nSPS) is 19.2. The van der Waals surface area contributed by atoms with E-state index in [9.17, 15) is 14.8 Å². The average Bonchev–Trinajstić information content (AvgIpc) is 3.14. The highest BCUT2D eigenvalue weighted by Gasteiger charge is 2.49. The number of nitrogens with zero attached hydrogens (tertiary/aromatic N) is 5. The summed E-state index contributed by atoms with van der Waals surface area (Å²) < 4.78 is -0.406. The summed E-state index contributed by atoms with van der Waals surface area (Å²) in [6.45, 7) is 2.12. The molecular formula is C19H19BN7O3+. The van der Waals surface area contributed by atoms with Crippen LogP contribution in [0.25, 0.3) is 0 Å². The first-order valence-corrected chi connectivity index (χ1v) is 9.16. The predicted octanol–water partition coefficient (Wildman–Crippen LogP) is 0.0525. The topological polar surface area (TPSA) is 147 Å². The molecule has 2 amide bonds. The van der Waals surface area contributed by atoms with Gasteiger partial charge in [-0.25, -0.2) is 9.78 Å². The van der Waals surface area contributed by atoms with Crippen molar-refractivity contribution in [1.82, 2.24) is 15.2 Å². The molecule has 0 fully saturated rings. The molecule has 0 radical (unpaired) electrons. The van der Waals surface area contributed by atoms with Gasteiger partial charge in [0.2, 0.25) is 0 Å². The summed E-state index contributed by atoms with van der Waals surface area (Å²) >= 11 is 0. The highest BCUT2D eigenvalue weighted by Crippen LogP contribution is 2.32. The van der Waals surface area contributed by atoms with Crippen LogP contribution in [-0.4, -0.2) is 48.7 Å². The molecule has 2 aliphatic rings. The number of allylic oxidation sites excluding steroid dienone is 3. The fourth-order valence-corrected chi connectivity index (χ4v) is 3.29. The molecule has 150 valence electrons. The second kappa shape index (κ2) is 7.63. The summed E-state index contributed by atoms with van der Waals surface area (Å²) in [5.41, 5.74) is 8.08. The maximum atomic E-state index is 12.3. The van der Waals surface area contributed by atoms with Gasteiger partial charge in [-0.15, -0.1) is 14.7 Å². The Hall–Kier alpha value is -3.67. The lowest BCUT2D eigenvalue weighted by Gasteiger charge is -2.27. The molecule has 1 unspecified atom stereocenters.